The predicted octanol–water partition coefficient (Wildman–Crippen LogP) is 1.57. The Morgan fingerprint density at radius 1 is 1.40 bits per heavy atom. The van der Waals surface area contributed by atoms with Crippen LogP contribution in [-0.2, 0) is 4.79 Å². The zero-order valence-electron chi connectivity index (χ0n) is 11.1. The van der Waals surface area contributed by atoms with Crippen LogP contribution < -0.4 is 10.2 Å². The summed E-state index contributed by atoms with van der Waals surface area (Å²) in [5.41, 5.74) is 0.383. The molecule has 2 N–H and O–H groups in total. The first-order chi connectivity index (χ1) is 9.48. The fraction of sp³-hybridized carbons (Fsp3) is 0.357. The van der Waals surface area contributed by atoms with Gasteiger partial charge < -0.3 is 10.4 Å². The molecular formula is C14H15N3O3. The minimum atomic E-state index is -0.862. The molecule has 0 heterocycles. The zero-order chi connectivity index (χ0) is 14.8. The molecule has 6 nitrogen and oxygen atoms in total. The largest absolute Gasteiger partial charge is 0.481 e. The number of carboxylic acids is 1. The van der Waals surface area contributed by atoms with Gasteiger partial charge in [0.25, 0.3) is 0 Å². The summed E-state index contributed by atoms with van der Waals surface area (Å²) in [6.07, 6.45) is 1.20. The summed E-state index contributed by atoms with van der Waals surface area (Å²) in [7, 11) is 1.59. The number of aliphatic carboxylic acids is 1. The van der Waals surface area contributed by atoms with Crippen molar-refractivity contribution in [1.29, 1.82) is 5.26 Å². The van der Waals surface area contributed by atoms with E-state index in [9.17, 15) is 9.59 Å². The lowest BCUT2D eigenvalue weighted by atomic mass is 10.1. The van der Waals surface area contributed by atoms with Crippen LogP contribution >= 0.6 is 0 Å². The van der Waals surface area contributed by atoms with Gasteiger partial charge in [-0.25, -0.2) is 4.79 Å². The number of carbonyl (C=O) groups excluding carboxylic acids is 1. The van der Waals surface area contributed by atoms with Crippen LogP contribution in [-0.4, -0.2) is 30.7 Å². The number of nitrogens with zero attached hydrogens (tertiary/aromatic N) is 2. The third-order valence-corrected chi connectivity index (χ3v) is 3.57. The second-order valence-corrected chi connectivity index (χ2v) is 4.96. The number of hydrogen-bond acceptors (Lipinski definition) is 3. The molecule has 0 spiro atoms. The number of anilines is 1. The summed E-state index contributed by atoms with van der Waals surface area (Å²) in [4.78, 5) is 24.4. The Morgan fingerprint density at radius 3 is 2.45 bits per heavy atom. The molecule has 6 heteroatoms. The summed E-state index contributed by atoms with van der Waals surface area (Å²) in [6.45, 7) is 0.141. The maximum atomic E-state index is 12.0. The molecule has 1 aromatic rings. The van der Waals surface area contributed by atoms with Gasteiger partial charge in [0.15, 0.2) is 0 Å². The van der Waals surface area contributed by atoms with Gasteiger partial charge in [0, 0.05) is 19.3 Å². The number of amides is 2. The van der Waals surface area contributed by atoms with Gasteiger partial charge in [-0.05, 0) is 37.1 Å². The molecule has 0 saturated heterocycles. The molecule has 2 amide bonds. The van der Waals surface area contributed by atoms with Crippen molar-refractivity contribution >= 4 is 17.7 Å². The van der Waals surface area contributed by atoms with Crippen molar-refractivity contribution < 1.29 is 14.7 Å². The van der Waals surface area contributed by atoms with E-state index in [-0.39, 0.29) is 12.6 Å². The summed E-state index contributed by atoms with van der Waals surface area (Å²) in [5, 5.41) is 20.4. The number of nitrogens with one attached hydrogen (secondary N) is 1. The molecule has 1 aliphatic carbocycles. The zero-order valence-corrected chi connectivity index (χ0v) is 11.1. The van der Waals surface area contributed by atoms with Crippen molar-refractivity contribution in [3.63, 3.8) is 0 Å². The van der Waals surface area contributed by atoms with Crippen molar-refractivity contribution in [2.75, 3.05) is 18.5 Å². The molecule has 0 aromatic heterocycles. The van der Waals surface area contributed by atoms with Gasteiger partial charge in [0.2, 0.25) is 0 Å². The molecule has 1 aliphatic rings. The van der Waals surface area contributed by atoms with Gasteiger partial charge >= 0.3 is 12.0 Å². The van der Waals surface area contributed by atoms with Crippen LogP contribution in [0, 0.1) is 16.7 Å². The van der Waals surface area contributed by atoms with E-state index in [0.717, 1.165) is 0 Å². The van der Waals surface area contributed by atoms with Crippen LogP contribution in [0.1, 0.15) is 18.4 Å². The molecule has 0 aliphatic heterocycles. The summed E-state index contributed by atoms with van der Waals surface area (Å²) in [6, 6.07) is 8.23. The Morgan fingerprint density at radius 2 is 2.00 bits per heavy atom. The predicted molar refractivity (Wildman–Crippen MR) is 72.3 cm³/mol. The lowest BCUT2D eigenvalue weighted by molar-refractivity contribution is -0.143. The Bertz CT molecular complexity index is 570. The number of benzene rings is 1. The minimum absolute atomic E-state index is 0.141. The number of carbonyl (C=O) groups is 2. The van der Waals surface area contributed by atoms with Crippen LogP contribution in [0.5, 0.6) is 0 Å². The highest BCUT2D eigenvalue weighted by molar-refractivity contribution is 5.92. The molecule has 0 atom stereocenters. The van der Waals surface area contributed by atoms with E-state index in [4.69, 9.17) is 10.4 Å². The maximum absolute atomic E-state index is 12.0. The second-order valence-electron chi connectivity index (χ2n) is 4.96. The Hall–Kier alpha value is -2.55. The molecule has 0 radical (unpaired) electrons. The first-order valence-corrected chi connectivity index (χ1v) is 6.24. The molecule has 0 unspecified atom stereocenters. The van der Waals surface area contributed by atoms with E-state index in [1.165, 1.54) is 4.90 Å². The summed E-state index contributed by atoms with van der Waals surface area (Å²) in [5.74, 6) is -0.862. The van der Waals surface area contributed by atoms with Gasteiger partial charge in [-0.2, -0.15) is 5.26 Å². The molecule has 1 aromatic carbocycles. The lowest BCUT2D eigenvalue weighted by Gasteiger charge is -2.19. The molecule has 1 fully saturated rings. The monoisotopic (exact) mass is 273 g/mol. The highest BCUT2D eigenvalue weighted by atomic mass is 16.4. The molecule has 20 heavy (non-hydrogen) atoms. The average molecular weight is 273 g/mol. The first kappa shape index (κ1) is 13.9. The fourth-order valence-electron chi connectivity index (χ4n) is 1.86. The molecule has 1 saturated carbocycles. The molecular weight excluding hydrogens is 258 g/mol. The third kappa shape index (κ3) is 2.72. The number of nitriles is 1. The van der Waals surface area contributed by atoms with Crippen LogP contribution in [0.15, 0.2) is 24.3 Å². The summed E-state index contributed by atoms with van der Waals surface area (Å²) < 4.78 is 0. The Kier molecular flexibility index (Phi) is 3.61. The van der Waals surface area contributed by atoms with Crippen molar-refractivity contribution in [2.45, 2.75) is 12.8 Å². The lowest BCUT2D eigenvalue weighted by Crippen LogP contribution is -2.41. The normalized spacial score (nSPS) is 15.0. The van der Waals surface area contributed by atoms with E-state index in [2.05, 4.69) is 5.32 Å². The van der Waals surface area contributed by atoms with Gasteiger partial charge in [-0.15, -0.1) is 0 Å². The number of carboxylic acid groups (broad SMARTS) is 1. The Labute approximate surface area is 116 Å². The van der Waals surface area contributed by atoms with E-state index in [0.29, 0.717) is 24.1 Å². The fourth-order valence-corrected chi connectivity index (χ4v) is 1.86. The van der Waals surface area contributed by atoms with E-state index in [1.807, 2.05) is 6.07 Å². The van der Waals surface area contributed by atoms with Crippen LogP contribution in [0.4, 0.5) is 10.5 Å². The topological polar surface area (TPSA) is 93.4 Å². The van der Waals surface area contributed by atoms with Crippen molar-refractivity contribution in [1.82, 2.24) is 5.32 Å². The average Bonchev–Trinajstić information content (AvgIpc) is 3.25. The standard InChI is InChI=1S/C14H15N3O3/c1-17(11-4-2-10(8-15)3-5-11)13(20)16-9-14(6-7-14)12(18)19/h2-5H,6-7,9H2,1H3,(H,16,20)(H,18,19). The van der Waals surface area contributed by atoms with E-state index in [1.54, 1.807) is 31.3 Å². The van der Waals surface area contributed by atoms with Crippen molar-refractivity contribution in [2.24, 2.45) is 5.41 Å². The quantitative estimate of drug-likeness (QED) is 0.870. The second kappa shape index (κ2) is 5.21. The minimum Gasteiger partial charge on any atom is -0.481 e. The molecule has 0 bridgehead atoms. The van der Waals surface area contributed by atoms with E-state index >= 15 is 0 Å². The van der Waals surface area contributed by atoms with Gasteiger partial charge in [-0.1, -0.05) is 0 Å². The highest BCUT2D eigenvalue weighted by Gasteiger charge is 2.50. The molecule has 104 valence electrons. The van der Waals surface area contributed by atoms with E-state index < -0.39 is 11.4 Å². The first-order valence-electron chi connectivity index (χ1n) is 6.24. The highest BCUT2D eigenvalue weighted by Crippen LogP contribution is 2.45. The van der Waals surface area contributed by atoms with Gasteiger partial charge in [-0.3, -0.25) is 9.69 Å². The number of urea groups is 1. The smallest absolute Gasteiger partial charge is 0.321 e. The van der Waals surface area contributed by atoms with Crippen molar-refractivity contribution in [3.8, 4) is 6.07 Å². The van der Waals surface area contributed by atoms with Crippen molar-refractivity contribution in [3.05, 3.63) is 29.8 Å². The van der Waals surface area contributed by atoms with Gasteiger partial charge in [0.1, 0.15) is 0 Å². The van der Waals surface area contributed by atoms with Crippen LogP contribution in [0.3, 0.4) is 0 Å². The van der Waals surface area contributed by atoms with Crippen LogP contribution in [0.25, 0.3) is 0 Å². The third-order valence-electron chi connectivity index (χ3n) is 3.57. The Balaban J connectivity index is 1.95. The number of hydrogen-bond donors (Lipinski definition) is 2. The van der Waals surface area contributed by atoms with Gasteiger partial charge in [0.05, 0.1) is 17.0 Å². The van der Waals surface area contributed by atoms with Crippen LogP contribution in [0.2, 0.25) is 0 Å². The number of rotatable bonds is 4. The summed E-state index contributed by atoms with van der Waals surface area (Å²) >= 11 is 0. The SMILES string of the molecule is CN(C(=O)NCC1(C(=O)O)CC1)c1ccc(C#N)cc1. The maximum Gasteiger partial charge on any atom is 0.321 e. The molecule has 2 rings (SSSR count).